The Balaban J connectivity index is 1.51. The number of likely N-dealkylation sites (tertiary alicyclic amines) is 1. The van der Waals surface area contributed by atoms with Crippen LogP contribution >= 0.6 is 0 Å². The zero-order valence-corrected chi connectivity index (χ0v) is 16.4. The van der Waals surface area contributed by atoms with E-state index >= 15 is 0 Å². The van der Waals surface area contributed by atoms with E-state index in [2.05, 4.69) is 0 Å². The molecule has 0 N–H and O–H groups in total. The molecule has 3 atom stereocenters. The van der Waals surface area contributed by atoms with E-state index in [0.29, 0.717) is 37.0 Å². The summed E-state index contributed by atoms with van der Waals surface area (Å²) in [5.74, 6) is -0.929. The van der Waals surface area contributed by atoms with E-state index in [1.807, 2.05) is 4.90 Å². The first-order valence-corrected chi connectivity index (χ1v) is 10.5. The van der Waals surface area contributed by atoms with Crippen LogP contribution in [0.5, 0.6) is 0 Å². The van der Waals surface area contributed by atoms with Crippen LogP contribution in [0, 0.1) is 5.92 Å². The Hall–Kier alpha value is -2.70. The average Bonchev–Trinajstić information content (AvgIpc) is 2.99. The smallest absolute Gasteiger partial charge is 0.293 e. The fraction of sp³-hybridized carbons (Fsp3) is 0.545. The van der Waals surface area contributed by atoms with Gasteiger partial charge in [0.25, 0.3) is 18.3 Å². The summed E-state index contributed by atoms with van der Waals surface area (Å²) in [5.41, 5.74) is 0.857. The van der Waals surface area contributed by atoms with Gasteiger partial charge < -0.3 is 9.64 Å². The Kier molecular flexibility index (Phi) is 5.65. The van der Waals surface area contributed by atoms with E-state index in [1.54, 1.807) is 24.3 Å². The first-order valence-electron chi connectivity index (χ1n) is 10.5. The van der Waals surface area contributed by atoms with Crippen LogP contribution in [-0.4, -0.2) is 59.2 Å². The topological polar surface area (TPSA) is 84.0 Å². The number of ether oxygens (including phenoxy) is 1. The molecular weight excluding hydrogens is 372 g/mol. The lowest BCUT2D eigenvalue weighted by Crippen LogP contribution is -2.54. The molecule has 1 saturated carbocycles. The molecule has 4 rings (SSSR count). The highest BCUT2D eigenvalue weighted by Gasteiger charge is 2.41. The lowest BCUT2D eigenvalue weighted by atomic mass is 9.84. The number of fused-ring (bicyclic) bond motifs is 1. The molecule has 3 amide bonds. The highest BCUT2D eigenvalue weighted by Crippen LogP contribution is 2.31. The van der Waals surface area contributed by atoms with Gasteiger partial charge in [0.2, 0.25) is 5.91 Å². The van der Waals surface area contributed by atoms with Gasteiger partial charge in [-0.1, -0.05) is 18.6 Å². The Labute approximate surface area is 170 Å². The zero-order chi connectivity index (χ0) is 20.4. The largest absolute Gasteiger partial charge is 0.464 e. The predicted octanol–water partition coefficient (Wildman–Crippen LogP) is 2.40. The third-order valence-corrected chi connectivity index (χ3v) is 6.43. The van der Waals surface area contributed by atoms with Crippen molar-refractivity contribution in [3.63, 3.8) is 0 Å². The Bertz CT molecular complexity index is 788. The van der Waals surface area contributed by atoms with Crippen molar-refractivity contribution in [1.82, 2.24) is 9.80 Å². The summed E-state index contributed by atoms with van der Waals surface area (Å²) in [5, 5.41) is 0. The molecule has 3 aliphatic rings. The highest BCUT2D eigenvalue weighted by atomic mass is 16.5. The fourth-order valence-electron chi connectivity index (χ4n) is 4.92. The molecular formula is C22H26N2O5. The molecule has 0 bridgehead atoms. The van der Waals surface area contributed by atoms with Crippen molar-refractivity contribution in [2.45, 2.75) is 57.1 Å². The first kappa shape index (κ1) is 19.6. The maximum Gasteiger partial charge on any atom is 0.293 e. The van der Waals surface area contributed by atoms with E-state index in [4.69, 9.17) is 4.74 Å². The molecule has 1 aromatic rings. The molecule has 3 unspecified atom stereocenters. The van der Waals surface area contributed by atoms with Gasteiger partial charge in [-0.3, -0.25) is 24.1 Å². The molecule has 2 aliphatic heterocycles. The summed E-state index contributed by atoms with van der Waals surface area (Å²) in [4.78, 5) is 52.8. The number of carbonyl (C=O) groups is 4. The van der Waals surface area contributed by atoms with Crippen LogP contribution in [-0.2, 0) is 14.3 Å². The van der Waals surface area contributed by atoms with Gasteiger partial charge in [-0.05, 0) is 50.7 Å². The van der Waals surface area contributed by atoms with Gasteiger partial charge in [0, 0.05) is 19.1 Å². The van der Waals surface area contributed by atoms with Gasteiger partial charge >= 0.3 is 0 Å². The van der Waals surface area contributed by atoms with Crippen LogP contribution in [0.25, 0.3) is 0 Å². The van der Waals surface area contributed by atoms with Crippen molar-refractivity contribution in [1.29, 1.82) is 0 Å². The molecule has 2 fully saturated rings. The van der Waals surface area contributed by atoms with E-state index in [9.17, 15) is 19.2 Å². The monoisotopic (exact) mass is 398 g/mol. The third-order valence-electron chi connectivity index (χ3n) is 6.43. The van der Waals surface area contributed by atoms with Crippen LogP contribution in [0.2, 0.25) is 0 Å². The van der Waals surface area contributed by atoms with Crippen molar-refractivity contribution in [2.75, 3.05) is 13.1 Å². The molecule has 2 heterocycles. The third kappa shape index (κ3) is 3.66. The Morgan fingerprint density at radius 2 is 1.66 bits per heavy atom. The number of hydrogen-bond donors (Lipinski definition) is 0. The number of benzene rings is 1. The van der Waals surface area contributed by atoms with Crippen LogP contribution in [0.4, 0.5) is 0 Å². The summed E-state index contributed by atoms with van der Waals surface area (Å²) in [7, 11) is 0. The number of imide groups is 1. The molecule has 0 radical (unpaired) electrons. The van der Waals surface area contributed by atoms with Gasteiger partial charge in [0.15, 0.2) is 0 Å². The molecule has 0 aromatic heterocycles. The van der Waals surface area contributed by atoms with E-state index in [1.165, 1.54) is 4.90 Å². The summed E-state index contributed by atoms with van der Waals surface area (Å²) in [6, 6.07) is 6.64. The summed E-state index contributed by atoms with van der Waals surface area (Å²) in [6.07, 6.45) is 5.51. The average molecular weight is 398 g/mol. The molecule has 154 valence electrons. The molecule has 0 spiro atoms. The second kappa shape index (κ2) is 8.35. The quantitative estimate of drug-likeness (QED) is 0.562. The molecule has 1 aliphatic carbocycles. The first-order chi connectivity index (χ1) is 14.1. The van der Waals surface area contributed by atoms with E-state index in [0.717, 1.165) is 32.1 Å². The van der Waals surface area contributed by atoms with Gasteiger partial charge in [0.05, 0.1) is 17.0 Å². The van der Waals surface area contributed by atoms with Crippen LogP contribution < -0.4 is 0 Å². The second-order valence-corrected chi connectivity index (χ2v) is 8.11. The lowest BCUT2D eigenvalue weighted by Gasteiger charge is -2.41. The zero-order valence-electron chi connectivity index (χ0n) is 16.4. The molecule has 1 aromatic carbocycles. The summed E-state index contributed by atoms with van der Waals surface area (Å²) >= 11 is 0. The minimum absolute atomic E-state index is 0.0159. The van der Waals surface area contributed by atoms with E-state index < -0.39 is 0 Å². The second-order valence-electron chi connectivity index (χ2n) is 8.11. The number of carbonyl (C=O) groups excluding carboxylic acids is 4. The summed E-state index contributed by atoms with van der Waals surface area (Å²) < 4.78 is 5.21. The molecule has 7 nitrogen and oxygen atoms in total. The van der Waals surface area contributed by atoms with Gasteiger partial charge in [-0.2, -0.15) is 0 Å². The van der Waals surface area contributed by atoms with Crippen LogP contribution in [0.1, 0.15) is 65.7 Å². The maximum absolute atomic E-state index is 13.3. The molecule has 7 heteroatoms. The van der Waals surface area contributed by atoms with Crippen molar-refractivity contribution < 1.29 is 23.9 Å². The number of nitrogens with zero attached hydrogens (tertiary/aromatic N) is 2. The normalized spacial score (nSPS) is 27.0. The van der Waals surface area contributed by atoms with Gasteiger partial charge in [0.1, 0.15) is 6.10 Å². The van der Waals surface area contributed by atoms with Gasteiger partial charge in [-0.25, -0.2) is 0 Å². The van der Waals surface area contributed by atoms with Crippen LogP contribution in [0.15, 0.2) is 24.3 Å². The minimum atomic E-state index is -0.379. The Morgan fingerprint density at radius 1 is 1.00 bits per heavy atom. The van der Waals surface area contributed by atoms with Crippen LogP contribution in [0.3, 0.4) is 0 Å². The Morgan fingerprint density at radius 3 is 2.34 bits per heavy atom. The van der Waals surface area contributed by atoms with Crippen molar-refractivity contribution in [3.8, 4) is 0 Å². The van der Waals surface area contributed by atoms with Crippen molar-refractivity contribution in [3.05, 3.63) is 35.4 Å². The maximum atomic E-state index is 13.3. The number of hydrogen-bond acceptors (Lipinski definition) is 5. The standard InChI is InChI=1S/C22H26N2O5/c25-14-29-19-11-4-3-10-18(19)22(28)23-12-6-5-7-15(23)13-24-20(26)16-8-1-2-9-17(16)21(24)27/h1-2,8-9,14-15,18-19H,3-7,10-13H2. The molecule has 29 heavy (non-hydrogen) atoms. The number of piperidine rings is 1. The minimum Gasteiger partial charge on any atom is -0.464 e. The van der Waals surface area contributed by atoms with Crippen molar-refractivity contribution in [2.24, 2.45) is 5.92 Å². The predicted molar refractivity (Wildman–Crippen MR) is 104 cm³/mol. The highest BCUT2D eigenvalue weighted by molar-refractivity contribution is 6.21. The summed E-state index contributed by atoms with van der Waals surface area (Å²) in [6.45, 7) is 1.25. The van der Waals surface area contributed by atoms with E-state index in [-0.39, 0.29) is 42.3 Å². The van der Waals surface area contributed by atoms with Crippen molar-refractivity contribution >= 4 is 24.2 Å². The fourth-order valence-corrected chi connectivity index (χ4v) is 4.92. The molecule has 1 saturated heterocycles. The number of amides is 3. The lowest BCUT2D eigenvalue weighted by molar-refractivity contribution is -0.151. The SMILES string of the molecule is O=COC1CCCCC1C(=O)N1CCCCC1CN1C(=O)c2ccccc2C1=O. The van der Waals surface area contributed by atoms with Gasteiger partial charge in [-0.15, -0.1) is 0 Å². The number of rotatable bonds is 5.